The molecular weight excluding hydrogens is 303 g/mol. The first-order valence-corrected chi connectivity index (χ1v) is 6.69. The smallest absolute Gasteiger partial charge is 0.320 e. The zero-order chi connectivity index (χ0) is 13.1. The Morgan fingerprint density at radius 2 is 1.88 bits per heavy atom. The summed E-state index contributed by atoms with van der Waals surface area (Å²) in [5, 5.41) is 0.692. The molecule has 0 spiro atoms. The van der Waals surface area contributed by atoms with E-state index in [9.17, 15) is 4.79 Å². The molecule has 94 valence electrons. The van der Waals surface area contributed by atoms with Gasteiger partial charge < -0.3 is 4.74 Å². The lowest BCUT2D eigenvalue weighted by Crippen LogP contribution is -2.29. The van der Waals surface area contributed by atoms with Gasteiger partial charge in [-0.25, -0.2) is 0 Å². The number of esters is 1. The van der Waals surface area contributed by atoms with Crippen molar-refractivity contribution >= 4 is 33.5 Å². The first kappa shape index (κ1) is 14.5. The first-order valence-electron chi connectivity index (χ1n) is 5.39. The predicted molar refractivity (Wildman–Crippen MR) is 73.7 cm³/mol. The van der Waals surface area contributed by atoms with Crippen LogP contribution in [0.4, 0.5) is 0 Å². The maximum absolute atomic E-state index is 11.7. The average Bonchev–Trinajstić information content (AvgIpc) is 2.19. The van der Waals surface area contributed by atoms with Crippen LogP contribution >= 0.6 is 27.5 Å². The van der Waals surface area contributed by atoms with E-state index >= 15 is 0 Å². The molecule has 1 aromatic carbocycles. The van der Waals surface area contributed by atoms with Crippen LogP contribution in [0.25, 0.3) is 0 Å². The number of alkyl halides is 1. The summed E-state index contributed by atoms with van der Waals surface area (Å²) in [4.78, 5) is 11.4. The van der Waals surface area contributed by atoms with Gasteiger partial charge >= 0.3 is 5.97 Å². The molecular formula is C13H16BrClO2. The maximum Gasteiger partial charge on any atom is 0.320 e. The van der Waals surface area contributed by atoms with E-state index in [0.717, 1.165) is 5.56 Å². The second-order valence-corrected chi connectivity index (χ2v) is 6.37. The lowest BCUT2D eigenvalue weighted by atomic mass is 10.1. The van der Waals surface area contributed by atoms with Crippen molar-refractivity contribution in [1.82, 2.24) is 0 Å². The standard InChI is InChI=1S/C13H16BrClO2/c1-13(2,3)17-12(16)11(14)8-9-4-6-10(15)7-5-9/h4-7,11H,8H2,1-3H3. The number of benzene rings is 1. The van der Waals surface area contributed by atoms with Crippen LogP contribution in [0.5, 0.6) is 0 Å². The Bertz CT molecular complexity index is 381. The van der Waals surface area contributed by atoms with Crippen LogP contribution in [0.2, 0.25) is 5.02 Å². The van der Waals surface area contributed by atoms with Gasteiger partial charge in [0.1, 0.15) is 10.4 Å². The summed E-state index contributed by atoms with van der Waals surface area (Å²) in [7, 11) is 0. The molecule has 2 nitrogen and oxygen atoms in total. The molecule has 1 unspecified atom stereocenters. The topological polar surface area (TPSA) is 26.3 Å². The molecule has 17 heavy (non-hydrogen) atoms. The quantitative estimate of drug-likeness (QED) is 0.622. The van der Waals surface area contributed by atoms with E-state index in [1.807, 2.05) is 45.0 Å². The third kappa shape index (κ3) is 5.55. The Labute approximate surface area is 115 Å². The van der Waals surface area contributed by atoms with Gasteiger partial charge in [0.15, 0.2) is 0 Å². The Kier molecular flexibility index (Phi) is 5.02. The van der Waals surface area contributed by atoms with E-state index in [4.69, 9.17) is 16.3 Å². The van der Waals surface area contributed by atoms with Crippen molar-refractivity contribution in [3.8, 4) is 0 Å². The SMILES string of the molecule is CC(C)(C)OC(=O)C(Br)Cc1ccc(Cl)cc1. The summed E-state index contributed by atoms with van der Waals surface area (Å²) in [6, 6.07) is 7.43. The van der Waals surface area contributed by atoms with E-state index in [1.165, 1.54) is 0 Å². The van der Waals surface area contributed by atoms with Crippen molar-refractivity contribution in [2.24, 2.45) is 0 Å². The van der Waals surface area contributed by atoms with E-state index in [2.05, 4.69) is 15.9 Å². The lowest BCUT2D eigenvalue weighted by molar-refractivity contribution is -0.153. The highest BCUT2D eigenvalue weighted by Gasteiger charge is 2.23. The van der Waals surface area contributed by atoms with Crippen molar-refractivity contribution in [2.75, 3.05) is 0 Å². The summed E-state index contributed by atoms with van der Waals surface area (Å²) in [5.41, 5.74) is 0.588. The molecule has 0 N–H and O–H groups in total. The molecule has 0 aliphatic carbocycles. The van der Waals surface area contributed by atoms with Gasteiger partial charge in [-0.05, 0) is 44.9 Å². The number of carbonyl (C=O) groups excluding carboxylic acids is 1. The number of rotatable bonds is 3. The van der Waals surface area contributed by atoms with Gasteiger partial charge in [-0.1, -0.05) is 39.7 Å². The van der Waals surface area contributed by atoms with Crippen LogP contribution < -0.4 is 0 Å². The molecule has 0 aliphatic heterocycles. The minimum Gasteiger partial charge on any atom is -0.459 e. The monoisotopic (exact) mass is 318 g/mol. The summed E-state index contributed by atoms with van der Waals surface area (Å²) >= 11 is 9.14. The highest BCUT2D eigenvalue weighted by atomic mass is 79.9. The van der Waals surface area contributed by atoms with Crippen LogP contribution in [0.3, 0.4) is 0 Å². The Morgan fingerprint density at radius 3 is 2.35 bits per heavy atom. The molecule has 1 aromatic rings. The molecule has 0 radical (unpaired) electrons. The Hall–Kier alpha value is -0.540. The molecule has 1 atom stereocenters. The van der Waals surface area contributed by atoms with Crippen LogP contribution in [0.15, 0.2) is 24.3 Å². The molecule has 0 saturated heterocycles. The summed E-state index contributed by atoms with van der Waals surface area (Å²) in [6.45, 7) is 5.56. The molecule has 0 aliphatic rings. The predicted octanol–water partition coefficient (Wildman–Crippen LogP) is 3.99. The molecule has 0 saturated carbocycles. The maximum atomic E-state index is 11.7. The lowest BCUT2D eigenvalue weighted by Gasteiger charge is -2.21. The van der Waals surface area contributed by atoms with E-state index < -0.39 is 5.60 Å². The first-order chi connectivity index (χ1) is 7.78. The van der Waals surface area contributed by atoms with Crippen molar-refractivity contribution in [2.45, 2.75) is 37.6 Å². The van der Waals surface area contributed by atoms with Crippen molar-refractivity contribution in [3.63, 3.8) is 0 Å². The molecule has 0 amide bonds. The minimum absolute atomic E-state index is 0.243. The number of halogens is 2. The number of hydrogen-bond donors (Lipinski definition) is 0. The second-order valence-electron chi connectivity index (χ2n) is 4.83. The average molecular weight is 320 g/mol. The van der Waals surface area contributed by atoms with Gasteiger partial charge in [-0.2, -0.15) is 0 Å². The van der Waals surface area contributed by atoms with Gasteiger partial charge in [-0.3, -0.25) is 4.79 Å². The minimum atomic E-state index is -0.455. The highest BCUT2D eigenvalue weighted by Crippen LogP contribution is 2.17. The zero-order valence-electron chi connectivity index (χ0n) is 10.2. The molecule has 4 heteroatoms. The van der Waals surface area contributed by atoms with Crippen LogP contribution in [-0.2, 0) is 16.0 Å². The fourth-order valence-electron chi connectivity index (χ4n) is 1.28. The highest BCUT2D eigenvalue weighted by molar-refractivity contribution is 9.10. The summed E-state index contributed by atoms with van der Waals surface area (Å²) in [6.07, 6.45) is 0.589. The van der Waals surface area contributed by atoms with Crippen LogP contribution in [0.1, 0.15) is 26.3 Å². The van der Waals surface area contributed by atoms with E-state index in [0.29, 0.717) is 11.4 Å². The molecule has 0 aromatic heterocycles. The van der Waals surface area contributed by atoms with Crippen LogP contribution in [-0.4, -0.2) is 16.4 Å². The van der Waals surface area contributed by atoms with Crippen molar-refractivity contribution < 1.29 is 9.53 Å². The van der Waals surface area contributed by atoms with Gasteiger partial charge in [0.2, 0.25) is 0 Å². The Balaban J connectivity index is 2.57. The third-order valence-electron chi connectivity index (χ3n) is 1.99. The van der Waals surface area contributed by atoms with E-state index in [1.54, 1.807) is 0 Å². The fourth-order valence-corrected chi connectivity index (χ4v) is 1.87. The zero-order valence-corrected chi connectivity index (χ0v) is 12.5. The van der Waals surface area contributed by atoms with Gasteiger partial charge in [0.25, 0.3) is 0 Å². The van der Waals surface area contributed by atoms with Gasteiger partial charge in [0, 0.05) is 5.02 Å². The third-order valence-corrected chi connectivity index (χ3v) is 2.94. The molecule has 0 heterocycles. The molecule has 0 bridgehead atoms. The Morgan fingerprint density at radius 1 is 1.35 bits per heavy atom. The van der Waals surface area contributed by atoms with Crippen molar-refractivity contribution in [1.29, 1.82) is 0 Å². The summed E-state index contributed by atoms with van der Waals surface area (Å²) < 4.78 is 5.28. The van der Waals surface area contributed by atoms with Gasteiger partial charge in [-0.15, -0.1) is 0 Å². The number of ether oxygens (including phenoxy) is 1. The van der Waals surface area contributed by atoms with Crippen LogP contribution in [0, 0.1) is 0 Å². The normalized spacial score (nSPS) is 13.2. The second kappa shape index (κ2) is 5.87. The van der Waals surface area contributed by atoms with Crippen molar-refractivity contribution in [3.05, 3.63) is 34.9 Å². The van der Waals surface area contributed by atoms with Gasteiger partial charge in [0.05, 0.1) is 0 Å². The van der Waals surface area contributed by atoms with E-state index in [-0.39, 0.29) is 10.8 Å². The fraction of sp³-hybridized carbons (Fsp3) is 0.462. The molecule has 1 rings (SSSR count). The molecule has 0 fully saturated rings. The number of hydrogen-bond acceptors (Lipinski definition) is 2. The largest absolute Gasteiger partial charge is 0.459 e. The number of carbonyl (C=O) groups is 1. The summed E-state index contributed by atoms with van der Waals surface area (Å²) in [5.74, 6) is -0.243.